The first-order valence-electron chi connectivity index (χ1n) is 4.40. The van der Waals surface area contributed by atoms with Crippen LogP contribution in [0.5, 0.6) is 5.88 Å². The molecule has 0 amide bonds. The second-order valence-electron chi connectivity index (χ2n) is 3.38. The Labute approximate surface area is 88.1 Å². The minimum atomic E-state index is -3.37. The Morgan fingerprint density at radius 1 is 1.75 bits per heavy atom. The number of aromatic nitrogens is 2. The van der Waals surface area contributed by atoms with Gasteiger partial charge in [-0.2, -0.15) is 13.9 Å². The lowest BCUT2D eigenvalue weighted by molar-refractivity contribution is -0.120. The summed E-state index contributed by atoms with van der Waals surface area (Å²) in [6.45, 7) is -1.61. The van der Waals surface area contributed by atoms with E-state index in [4.69, 9.17) is 14.9 Å². The zero-order chi connectivity index (χ0) is 11.9. The molecule has 8 heteroatoms. The first kappa shape index (κ1) is 10.8. The molecule has 0 aromatic carbocycles. The van der Waals surface area contributed by atoms with Crippen molar-refractivity contribution < 1.29 is 28.5 Å². The van der Waals surface area contributed by atoms with Gasteiger partial charge in [-0.25, -0.2) is 9.48 Å². The number of carbonyl (C=O) groups is 1. The smallest absolute Gasteiger partial charge is 0.356 e. The molecule has 0 saturated heterocycles. The number of aliphatic hydroxyl groups excluding tert-OH is 1. The van der Waals surface area contributed by atoms with Gasteiger partial charge in [0, 0.05) is 6.07 Å². The Morgan fingerprint density at radius 2 is 2.44 bits per heavy atom. The van der Waals surface area contributed by atoms with E-state index in [0.29, 0.717) is 0 Å². The Hall–Kier alpha value is -1.70. The number of carboxylic acid groups (broad SMARTS) is 1. The zero-order valence-corrected chi connectivity index (χ0v) is 7.93. The summed E-state index contributed by atoms with van der Waals surface area (Å²) in [5.41, 5.74) is -0.263. The molecule has 1 aromatic heterocycles. The number of nitrogens with zero attached hydrogens (tertiary/aromatic N) is 2. The van der Waals surface area contributed by atoms with Crippen LogP contribution in [0.3, 0.4) is 0 Å². The fourth-order valence-corrected chi connectivity index (χ4v) is 1.39. The predicted octanol–water partition coefficient (Wildman–Crippen LogP) is -0.0301. The van der Waals surface area contributed by atoms with Crippen molar-refractivity contribution in [3.63, 3.8) is 0 Å². The van der Waals surface area contributed by atoms with Gasteiger partial charge in [-0.3, -0.25) is 0 Å². The molecule has 16 heavy (non-hydrogen) atoms. The molecular weight excluding hydrogens is 226 g/mol. The lowest BCUT2D eigenvalue weighted by Crippen LogP contribution is -2.40. The zero-order valence-electron chi connectivity index (χ0n) is 7.93. The number of aromatic carboxylic acids is 1. The summed E-state index contributed by atoms with van der Waals surface area (Å²) in [5, 5.41) is 20.6. The standard InChI is InChI=1S/C8H8F2N2O4/c9-8(10,3-13)5-2-12-6(16-5)1-4(11-12)7(14)15/h1,5,13H,2-3H2,(H,14,15). The third-order valence-corrected chi connectivity index (χ3v) is 2.25. The van der Waals surface area contributed by atoms with Crippen LogP contribution >= 0.6 is 0 Å². The third-order valence-electron chi connectivity index (χ3n) is 2.25. The summed E-state index contributed by atoms with van der Waals surface area (Å²) in [6.07, 6.45) is -1.51. The lowest BCUT2D eigenvalue weighted by Gasteiger charge is -2.19. The summed E-state index contributed by atoms with van der Waals surface area (Å²) in [4.78, 5) is 10.5. The number of alkyl halides is 2. The van der Waals surface area contributed by atoms with Crippen LogP contribution in [0.2, 0.25) is 0 Å². The van der Waals surface area contributed by atoms with Crippen LogP contribution in [0.4, 0.5) is 8.78 Å². The third kappa shape index (κ3) is 1.60. The molecular formula is C8H8F2N2O4. The fraction of sp³-hybridized carbons (Fsp3) is 0.500. The van der Waals surface area contributed by atoms with E-state index in [2.05, 4.69) is 5.10 Å². The maximum absolute atomic E-state index is 13.0. The second-order valence-corrected chi connectivity index (χ2v) is 3.38. The normalized spacial score (nSPS) is 19.3. The average molecular weight is 234 g/mol. The van der Waals surface area contributed by atoms with Crippen molar-refractivity contribution in [2.75, 3.05) is 6.61 Å². The molecule has 0 bridgehead atoms. The highest BCUT2D eigenvalue weighted by Crippen LogP contribution is 2.31. The van der Waals surface area contributed by atoms with Crippen LogP contribution in [-0.2, 0) is 6.54 Å². The molecule has 2 heterocycles. The molecule has 1 aliphatic heterocycles. The van der Waals surface area contributed by atoms with Gasteiger partial charge in [0.25, 0.3) is 0 Å². The van der Waals surface area contributed by atoms with Crippen LogP contribution in [0.15, 0.2) is 6.07 Å². The molecule has 88 valence electrons. The molecule has 0 spiro atoms. The molecule has 1 aliphatic rings. The molecule has 0 aliphatic carbocycles. The highest BCUT2D eigenvalue weighted by atomic mass is 19.3. The summed E-state index contributed by atoms with van der Waals surface area (Å²) >= 11 is 0. The summed E-state index contributed by atoms with van der Waals surface area (Å²) in [5.74, 6) is -4.66. The number of carboxylic acids is 1. The summed E-state index contributed by atoms with van der Waals surface area (Å²) < 4.78 is 31.9. The molecule has 2 N–H and O–H groups in total. The molecule has 1 atom stereocenters. The average Bonchev–Trinajstić information content (AvgIpc) is 2.74. The maximum Gasteiger partial charge on any atom is 0.356 e. The number of aliphatic hydroxyl groups is 1. The van der Waals surface area contributed by atoms with Crippen LogP contribution in [0.1, 0.15) is 10.5 Å². The van der Waals surface area contributed by atoms with E-state index in [1.807, 2.05) is 0 Å². The summed E-state index contributed by atoms with van der Waals surface area (Å²) in [7, 11) is 0. The van der Waals surface area contributed by atoms with E-state index in [1.54, 1.807) is 0 Å². The van der Waals surface area contributed by atoms with E-state index in [1.165, 1.54) is 0 Å². The number of hydrogen-bond donors (Lipinski definition) is 2. The van der Waals surface area contributed by atoms with E-state index in [9.17, 15) is 13.6 Å². The van der Waals surface area contributed by atoms with Crippen molar-refractivity contribution in [2.24, 2.45) is 0 Å². The van der Waals surface area contributed by atoms with E-state index in [0.717, 1.165) is 10.7 Å². The van der Waals surface area contributed by atoms with E-state index >= 15 is 0 Å². The van der Waals surface area contributed by atoms with Crippen LogP contribution in [0.25, 0.3) is 0 Å². The number of hydrogen-bond acceptors (Lipinski definition) is 4. The molecule has 0 saturated carbocycles. The van der Waals surface area contributed by atoms with Gasteiger partial charge in [0.15, 0.2) is 11.8 Å². The van der Waals surface area contributed by atoms with Gasteiger partial charge in [-0.05, 0) is 0 Å². The van der Waals surface area contributed by atoms with Gasteiger partial charge in [0.1, 0.15) is 6.61 Å². The molecule has 1 aromatic rings. The maximum atomic E-state index is 13.0. The number of fused-ring (bicyclic) bond motifs is 1. The van der Waals surface area contributed by atoms with E-state index < -0.39 is 24.6 Å². The van der Waals surface area contributed by atoms with Gasteiger partial charge in [-0.1, -0.05) is 0 Å². The summed E-state index contributed by atoms with van der Waals surface area (Å²) in [6, 6.07) is 1.07. The van der Waals surface area contributed by atoms with E-state index in [-0.39, 0.29) is 18.1 Å². The van der Waals surface area contributed by atoms with Crippen molar-refractivity contribution in [2.45, 2.75) is 18.6 Å². The highest BCUT2D eigenvalue weighted by Gasteiger charge is 2.45. The van der Waals surface area contributed by atoms with Crippen molar-refractivity contribution >= 4 is 5.97 Å². The second kappa shape index (κ2) is 3.41. The van der Waals surface area contributed by atoms with Crippen molar-refractivity contribution in [3.8, 4) is 5.88 Å². The predicted molar refractivity (Wildman–Crippen MR) is 45.6 cm³/mol. The van der Waals surface area contributed by atoms with Crippen molar-refractivity contribution in [3.05, 3.63) is 11.8 Å². The Bertz CT molecular complexity index is 408. The van der Waals surface area contributed by atoms with Gasteiger partial charge in [0.05, 0.1) is 6.54 Å². The minimum Gasteiger partial charge on any atom is -0.476 e. The van der Waals surface area contributed by atoms with Gasteiger partial charge < -0.3 is 14.9 Å². The largest absolute Gasteiger partial charge is 0.476 e. The molecule has 0 radical (unpaired) electrons. The van der Waals surface area contributed by atoms with Crippen LogP contribution in [0, 0.1) is 0 Å². The minimum absolute atomic E-state index is 0.0319. The quantitative estimate of drug-likeness (QED) is 0.767. The Morgan fingerprint density at radius 3 is 2.94 bits per heavy atom. The van der Waals surface area contributed by atoms with Crippen LogP contribution < -0.4 is 4.74 Å². The van der Waals surface area contributed by atoms with Crippen molar-refractivity contribution in [1.29, 1.82) is 0 Å². The highest BCUT2D eigenvalue weighted by molar-refractivity contribution is 5.85. The SMILES string of the molecule is O=C(O)c1cc2n(n1)CC(C(F)(F)CO)O2. The Kier molecular flexibility index (Phi) is 2.30. The van der Waals surface area contributed by atoms with Crippen LogP contribution in [-0.4, -0.2) is 44.6 Å². The molecule has 1 unspecified atom stereocenters. The topological polar surface area (TPSA) is 84.6 Å². The van der Waals surface area contributed by atoms with Gasteiger partial charge in [-0.15, -0.1) is 0 Å². The monoisotopic (exact) mass is 234 g/mol. The van der Waals surface area contributed by atoms with Crippen molar-refractivity contribution in [1.82, 2.24) is 9.78 Å². The van der Waals surface area contributed by atoms with Gasteiger partial charge in [0.2, 0.25) is 5.88 Å². The first-order valence-corrected chi connectivity index (χ1v) is 4.40. The number of halogens is 2. The fourth-order valence-electron chi connectivity index (χ4n) is 1.39. The molecule has 2 rings (SSSR count). The number of ether oxygens (including phenoxy) is 1. The first-order chi connectivity index (χ1) is 7.44. The Balaban J connectivity index is 2.17. The number of rotatable bonds is 3. The lowest BCUT2D eigenvalue weighted by atomic mass is 10.2. The molecule has 0 fully saturated rings. The van der Waals surface area contributed by atoms with Gasteiger partial charge >= 0.3 is 11.9 Å². The molecule has 6 nitrogen and oxygen atoms in total.